The van der Waals surface area contributed by atoms with Crippen molar-refractivity contribution in [3.05, 3.63) is 35.4 Å². The summed E-state index contributed by atoms with van der Waals surface area (Å²) in [4.78, 5) is 13.6. The van der Waals surface area contributed by atoms with Crippen LogP contribution in [0.1, 0.15) is 30.9 Å². The van der Waals surface area contributed by atoms with Crippen LogP contribution in [0.3, 0.4) is 0 Å². The lowest BCUT2D eigenvalue weighted by Gasteiger charge is -2.24. The van der Waals surface area contributed by atoms with Crippen LogP contribution in [0, 0.1) is 0 Å². The van der Waals surface area contributed by atoms with Crippen LogP contribution in [0.5, 0.6) is 0 Å². The highest BCUT2D eigenvalue weighted by Crippen LogP contribution is 2.29. The Bertz CT molecular complexity index is 525. The van der Waals surface area contributed by atoms with Crippen LogP contribution in [0.2, 0.25) is 0 Å². The minimum atomic E-state index is -4.35. The van der Waals surface area contributed by atoms with Gasteiger partial charge in [-0.15, -0.1) is 0 Å². The summed E-state index contributed by atoms with van der Waals surface area (Å²) in [6.07, 6.45) is -2.41. The van der Waals surface area contributed by atoms with Gasteiger partial charge in [0.15, 0.2) is 0 Å². The normalized spacial score (nSPS) is 19.4. The van der Waals surface area contributed by atoms with Crippen molar-refractivity contribution < 1.29 is 22.7 Å². The predicted molar refractivity (Wildman–Crippen MR) is 79.9 cm³/mol. The molecule has 0 saturated carbocycles. The summed E-state index contributed by atoms with van der Waals surface area (Å²) in [5, 5.41) is 2.86. The first kappa shape index (κ1) is 17.6. The zero-order valence-corrected chi connectivity index (χ0v) is 13.2. The molecule has 1 aromatic rings. The van der Waals surface area contributed by atoms with Crippen molar-refractivity contribution in [1.29, 1.82) is 0 Å². The number of carbonyl (C=O) groups excluding carboxylic acids is 1. The Hall–Kier alpha value is -1.76. The summed E-state index contributed by atoms with van der Waals surface area (Å²) in [7, 11) is 1.61. The van der Waals surface area contributed by atoms with Crippen molar-refractivity contribution in [1.82, 2.24) is 10.2 Å². The van der Waals surface area contributed by atoms with Crippen molar-refractivity contribution in [2.24, 2.45) is 0 Å². The molecule has 2 rings (SSSR count). The standard InChI is InChI=1S/C16H21F3N2O2/c1-11(14-4-3-9-23-14)20-15(22)21(2)10-12-5-7-13(8-6-12)16(17,18)19/h5-8,11,14H,3-4,9-10H2,1-2H3,(H,20,22)/t11-,14+/m1/s1. The SMILES string of the molecule is C[C@@H](NC(=O)N(C)Cc1ccc(C(F)(F)F)cc1)[C@@H]1CCCO1. The molecule has 0 bridgehead atoms. The molecule has 1 aliphatic heterocycles. The monoisotopic (exact) mass is 330 g/mol. The van der Waals surface area contributed by atoms with Crippen LogP contribution in [0.4, 0.5) is 18.0 Å². The third kappa shape index (κ3) is 4.86. The van der Waals surface area contributed by atoms with Crippen LogP contribution in [-0.4, -0.2) is 36.7 Å². The largest absolute Gasteiger partial charge is 0.416 e. The third-order valence-corrected chi connectivity index (χ3v) is 3.92. The van der Waals surface area contributed by atoms with Gasteiger partial charge in [-0.2, -0.15) is 13.2 Å². The molecule has 7 heteroatoms. The molecule has 1 fully saturated rings. The fraction of sp³-hybridized carbons (Fsp3) is 0.562. The lowest BCUT2D eigenvalue weighted by Crippen LogP contribution is -2.46. The number of rotatable bonds is 4. The predicted octanol–water partition coefficient (Wildman–Crippen LogP) is 3.41. The van der Waals surface area contributed by atoms with E-state index in [1.807, 2.05) is 6.92 Å². The number of alkyl halides is 3. The molecule has 1 aliphatic rings. The highest BCUT2D eigenvalue weighted by molar-refractivity contribution is 5.74. The number of ether oxygens (including phenoxy) is 1. The molecule has 0 spiro atoms. The maximum atomic E-state index is 12.5. The van der Waals surface area contributed by atoms with Gasteiger partial charge >= 0.3 is 12.2 Å². The third-order valence-electron chi connectivity index (χ3n) is 3.92. The van der Waals surface area contributed by atoms with E-state index >= 15 is 0 Å². The van der Waals surface area contributed by atoms with E-state index in [1.54, 1.807) is 7.05 Å². The zero-order valence-electron chi connectivity index (χ0n) is 13.2. The fourth-order valence-corrected chi connectivity index (χ4v) is 2.54. The molecular formula is C16H21F3N2O2. The van der Waals surface area contributed by atoms with Gasteiger partial charge in [-0.3, -0.25) is 0 Å². The van der Waals surface area contributed by atoms with Gasteiger partial charge in [0.2, 0.25) is 0 Å². The first-order valence-electron chi connectivity index (χ1n) is 7.57. The lowest BCUT2D eigenvalue weighted by atomic mass is 10.1. The van der Waals surface area contributed by atoms with Crippen molar-refractivity contribution in [3.8, 4) is 0 Å². The number of halogens is 3. The number of benzene rings is 1. The molecule has 0 aliphatic carbocycles. The van der Waals surface area contributed by atoms with Crippen LogP contribution in [-0.2, 0) is 17.5 Å². The van der Waals surface area contributed by atoms with Gasteiger partial charge in [-0.1, -0.05) is 12.1 Å². The Morgan fingerprint density at radius 1 is 1.39 bits per heavy atom. The molecule has 1 aromatic carbocycles. The Labute approximate surface area is 133 Å². The van der Waals surface area contributed by atoms with Gasteiger partial charge in [0, 0.05) is 20.2 Å². The maximum absolute atomic E-state index is 12.5. The molecule has 1 N–H and O–H groups in total. The van der Waals surface area contributed by atoms with Crippen LogP contribution < -0.4 is 5.32 Å². The Morgan fingerprint density at radius 3 is 2.57 bits per heavy atom. The lowest BCUT2D eigenvalue weighted by molar-refractivity contribution is -0.137. The second-order valence-corrected chi connectivity index (χ2v) is 5.84. The van der Waals surface area contributed by atoms with Crippen molar-refractivity contribution in [2.75, 3.05) is 13.7 Å². The maximum Gasteiger partial charge on any atom is 0.416 e. The summed E-state index contributed by atoms with van der Waals surface area (Å²) >= 11 is 0. The molecule has 0 aromatic heterocycles. The first-order valence-corrected chi connectivity index (χ1v) is 7.57. The van der Waals surface area contributed by atoms with E-state index in [1.165, 1.54) is 17.0 Å². The summed E-state index contributed by atoms with van der Waals surface area (Å²) in [5.74, 6) is 0. The van der Waals surface area contributed by atoms with E-state index in [9.17, 15) is 18.0 Å². The molecule has 1 heterocycles. The summed E-state index contributed by atoms with van der Waals surface area (Å²) in [6.45, 7) is 2.84. The molecule has 23 heavy (non-hydrogen) atoms. The highest BCUT2D eigenvalue weighted by Gasteiger charge is 2.30. The second-order valence-electron chi connectivity index (χ2n) is 5.84. The molecule has 128 valence electrons. The number of hydrogen-bond donors (Lipinski definition) is 1. The van der Waals surface area contributed by atoms with Crippen LogP contribution in [0.15, 0.2) is 24.3 Å². The number of nitrogens with zero attached hydrogens (tertiary/aromatic N) is 1. The molecule has 1 saturated heterocycles. The van der Waals surface area contributed by atoms with Gasteiger partial charge in [-0.05, 0) is 37.5 Å². The number of nitrogens with one attached hydrogen (secondary N) is 1. The van der Waals surface area contributed by atoms with Crippen molar-refractivity contribution in [3.63, 3.8) is 0 Å². The van der Waals surface area contributed by atoms with Crippen molar-refractivity contribution in [2.45, 2.75) is 44.6 Å². The second kappa shape index (κ2) is 7.21. The Kier molecular flexibility index (Phi) is 5.51. The topological polar surface area (TPSA) is 41.6 Å². The molecular weight excluding hydrogens is 309 g/mol. The van der Waals surface area contributed by atoms with Gasteiger partial charge in [0.05, 0.1) is 17.7 Å². The van der Waals surface area contributed by atoms with Gasteiger partial charge < -0.3 is 15.0 Å². The quantitative estimate of drug-likeness (QED) is 0.919. The Morgan fingerprint density at radius 2 is 2.04 bits per heavy atom. The number of carbonyl (C=O) groups is 1. The average molecular weight is 330 g/mol. The number of hydrogen-bond acceptors (Lipinski definition) is 2. The van der Waals surface area contributed by atoms with E-state index in [-0.39, 0.29) is 24.7 Å². The Balaban J connectivity index is 1.87. The zero-order chi connectivity index (χ0) is 17.0. The molecule has 4 nitrogen and oxygen atoms in total. The molecule has 2 amide bonds. The van der Waals surface area contributed by atoms with E-state index in [2.05, 4.69) is 5.32 Å². The van der Waals surface area contributed by atoms with E-state index in [0.29, 0.717) is 12.2 Å². The van der Waals surface area contributed by atoms with E-state index < -0.39 is 11.7 Å². The van der Waals surface area contributed by atoms with Crippen LogP contribution >= 0.6 is 0 Å². The molecule has 0 unspecified atom stereocenters. The minimum Gasteiger partial charge on any atom is -0.376 e. The average Bonchev–Trinajstić information content (AvgIpc) is 3.01. The summed E-state index contributed by atoms with van der Waals surface area (Å²) in [5.41, 5.74) is -0.0548. The summed E-state index contributed by atoms with van der Waals surface area (Å²) < 4.78 is 43.1. The van der Waals surface area contributed by atoms with Crippen LogP contribution in [0.25, 0.3) is 0 Å². The number of amides is 2. The van der Waals surface area contributed by atoms with E-state index in [4.69, 9.17) is 4.74 Å². The first-order chi connectivity index (χ1) is 10.8. The summed E-state index contributed by atoms with van der Waals surface area (Å²) in [6, 6.07) is 4.45. The van der Waals surface area contributed by atoms with E-state index in [0.717, 1.165) is 25.0 Å². The highest BCUT2D eigenvalue weighted by atomic mass is 19.4. The van der Waals surface area contributed by atoms with Gasteiger partial charge in [-0.25, -0.2) is 4.79 Å². The van der Waals surface area contributed by atoms with Gasteiger partial charge in [0.1, 0.15) is 0 Å². The molecule has 0 radical (unpaired) electrons. The molecule has 2 atom stereocenters. The fourth-order valence-electron chi connectivity index (χ4n) is 2.54. The minimum absolute atomic E-state index is 0.0263. The van der Waals surface area contributed by atoms with Crippen molar-refractivity contribution >= 4 is 6.03 Å². The smallest absolute Gasteiger partial charge is 0.376 e. The number of urea groups is 1. The van der Waals surface area contributed by atoms with Gasteiger partial charge in [0.25, 0.3) is 0 Å².